The number of piperidine rings is 2. The van der Waals surface area contributed by atoms with E-state index in [1.807, 2.05) is 0 Å². The zero-order valence-electron chi connectivity index (χ0n) is 13.8. The lowest BCUT2D eigenvalue weighted by Crippen LogP contribution is -2.38. The Labute approximate surface area is 133 Å². The lowest BCUT2D eigenvalue weighted by molar-refractivity contribution is 0.101. The highest BCUT2D eigenvalue weighted by molar-refractivity contribution is 5.44. The van der Waals surface area contributed by atoms with Crippen LogP contribution in [-0.2, 0) is 0 Å². The Bertz CT molecular complexity index is 486. The van der Waals surface area contributed by atoms with Gasteiger partial charge in [0.25, 0.3) is 0 Å². The van der Waals surface area contributed by atoms with Crippen molar-refractivity contribution in [1.82, 2.24) is 10.2 Å². The third kappa shape index (κ3) is 3.73. The highest BCUT2D eigenvalue weighted by Gasteiger charge is 2.22. The van der Waals surface area contributed by atoms with E-state index in [2.05, 4.69) is 35.5 Å². The molecule has 2 atom stereocenters. The van der Waals surface area contributed by atoms with Crippen LogP contribution in [-0.4, -0.2) is 51.3 Å². The van der Waals surface area contributed by atoms with Crippen LogP contribution in [0.4, 0.5) is 0 Å². The number of likely N-dealkylation sites (tertiary alicyclic amines) is 1. The maximum Gasteiger partial charge on any atom is 0.161 e. The fraction of sp³-hybridized carbons (Fsp3) is 0.667. The van der Waals surface area contributed by atoms with Crippen LogP contribution in [0, 0.1) is 0 Å². The second-order valence-electron chi connectivity index (χ2n) is 6.60. The van der Waals surface area contributed by atoms with E-state index in [0.717, 1.165) is 37.6 Å². The molecule has 2 saturated heterocycles. The molecule has 0 saturated carbocycles. The lowest BCUT2D eigenvalue weighted by atomic mass is 9.91. The molecule has 2 fully saturated rings. The number of likely N-dealkylation sites (N-methyl/N-ethyl adjacent to an activating group) is 1. The van der Waals surface area contributed by atoms with Gasteiger partial charge in [-0.1, -0.05) is 6.07 Å². The van der Waals surface area contributed by atoms with Gasteiger partial charge in [-0.15, -0.1) is 0 Å². The second-order valence-corrected chi connectivity index (χ2v) is 6.60. The van der Waals surface area contributed by atoms with Crippen LogP contribution in [0.3, 0.4) is 0 Å². The highest BCUT2D eigenvalue weighted by Crippen LogP contribution is 2.34. The highest BCUT2D eigenvalue weighted by atomic mass is 16.5. The SMILES string of the molecule is COc1ccc(C2CCCNC2)cc1OC1CCCN(C)C1. The molecule has 1 aromatic rings. The van der Waals surface area contributed by atoms with Gasteiger partial charge in [0.05, 0.1) is 7.11 Å². The lowest BCUT2D eigenvalue weighted by Gasteiger charge is -2.31. The normalized spacial score (nSPS) is 26.6. The largest absolute Gasteiger partial charge is 0.493 e. The van der Waals surface area contributed by atoms with Crippen molar-refractivity contribution in [1.29, 1.82) is 0 Å². The number of nitrogens with zero attached hydrogens (tertiary/aromatic N) is 1. The third-order valence-electron chi connectivity index (χ3n) is 4.83. The zero-order valence-corrected chi connectivity index (χ0v) is 13.8. The van der Waals surface area contributed by atoms with Gasteiger partial charge >= 0.3 is 0 Å². The first-order valence-corrected chi connectivity index (χ1v) is 8.50. The van der Waals surface area contributed by atoms with E-state index in [4.69, 9.17) is 9.47 Å². The average molecular weight is 304 g/mol. The minimum absolute atomic E-state index is 0.271. The van der Waals surface area contributed by atoms with Gasteiger partial charge in [0.15, 0.2) is 11.5 Å². The van der Waals surface area contributed by atoms with Gasteiger partial charge in [-0.25, -0.2) is 0 Å². The fourth-order valence-electron chi connectivity index (χ4n) is 3.57. The van der Waals surface area contributed by atoms with E-state index in [1.54, 1.807) is 7.11 Å². The standard InChI is InChI=1S/C18H28N2O2/c1-20-10-4-6-16(13-20)22-18-11-14(7-8-17(18)21-2)15-5-3-9-19-12-15/h7-8,11,15-16,19H,3-6,9-10,12-13H2,1-2H3. The molecule has 0 spiro atoms. The molecule has 0 aromatic heterocycles. The summed E-state index contributed by atoms with van der Waals surface area (Å²) in [5.74, 6) is 2.35. The number of methoxy groups -OCH3 is 1. The van der Waals surface area contributed by atoms with Crippen LogP contribution in [0.25, 0.3) is 0 Å². The molecule has 2 unspecified atom stereocenters. The summed E-state index contributed by atoms with van der Waals surface area (Å²) in [6.07, 6.45) is 5.11. The molecule has 0 aliphatic carbocycles. The van der Waals surface area contributed by atoms with Gasteiger partial charge in [-0.3, -0.25) is 0 Å². The molecule has 2 aliphatic rings. The zero-order chi connectivity index (χ0) is 15.4. The van der Waals surface area contributed by atoms with Crippen molar-refractivity contribution in [3.8, 4) is 11.5 Å². The van der Waals surface area contributed by atoms with Gasteiger partial charge in [0.2, 0.25) is 0 Å². The summed E-state index contributed by atoms with van der Waals surface area (Å²) in [5.41, 5.74) is 1.37. The van der Waals surface area contributed by atoms with Gasteiger partial charge in [0, 0.05) is 13.1 Å². The average Bonchev–Trinajstić information content (AvgIpc) is 2.56. The van der Waals surface area contributed by atoms with Gasteiger partial charge in [-0.05, 0) is 69.4 Å². The van der Waals surface area contributed by atoms with E-state index in [-0.39, 0.29) is 6.10 Å². The Balaban J connectivity index is 1.75. The Morgan fingerprint density at radius 1 is 1.18 bits per heavy atom. The van der Waals surface area contributed by atoms with Crippen molar-refractivity contribution in [3.05, 3.63) is 23.8 Å². The van der Waals surface area contributed by atoms with Crippen LogP contribution in [0.1, 0.15) is 37.2 Å². The van der Waals surface area contributed by atoms with E-state index < -0.39 is 0 Å². The predicted octanol–water partition coefficient (Wildman–Crippen LogP) is 2.64. The molecule has 0 amide bonds. The van der Waals surface area contributed by atoms with Crippen LogP contribution in [0.2, 0.25) is 0 Å². The number of nitrogens with one attached hydrogen (secondary N) is 1. The molecular formula is C18H28N2O2. The van der Waals surface area contributed by atoms with Gasteiger partial charge in [-0.2, -0.15) is 0 Å². The minimum Gasteiger partial charge on any atom is -0.493 e. The topological polar surface area (TPSA) is 33.7 Å². The summed E-state index contributed by atoms with van der Waals surface area (Å²) >= 11 is 0. The molecule has 2 heterocycles. The fourth-order valence-corrected chi connectivity index (χ4v) is 3.57. The van der Waals surface area contributed by atoms with Crippen molar-refractivity contribution < 1.29 is 9.47 Å². The smallest absolute Gasteiger partial charge is 0.161 e. The summed E-state index contributed by atoms with van der Waals surface area (Å²) in [6, 6.07) is 6.45. The van der Waals surface area contributed by atoms with Crippen LogP contribution in [0.15, 0.2) is 18.2 Å². The van der Waals surface area contributed by atoms with Crippen LogP contribution < -0.4 is 14.8 Å². The quantitative estimate of drug-likeness (QED) is 0.927. The van der Waals surface area contributed by atoms with Crippen LogP contribution in [0.5, 0.6) is 11.5 Å². The summed E-state index contributed by atoms with van der Waals surface area (Å²) in [5, 5.41) is 3.49. The van der Waals surface area contributed by atoms with E-state index in [9.17, 15) is 0 Å². The third-order valence-corrected chi connectivity index (χ3v) is 4.83. The molecule has 3 rings (SSSR count). The molecule has 0 radical (unpaired) electrons. The van der Waals surface area contributed by atoms with Gasteiger partial charge < -0.3 is 19.7 Å². The monoisotopic (exact) mass is 304 g/mol. The Hall–Kier alpha value is -1.26. The van der Waals surface area contributed by atoms with E-state index >= 15 is 0 Å². The number of hydrogen-bond acceptors (Lipinski definition) is 4. The Morgan fingerprint density at radius 3 is 2.82 bits per heavy atom. The van der Waals surface area contributed by atoms with E-state index in [0.29, 0.717) is 5.92 Å². The molecule has 0 bridgehead atoms. The molecule has 22 heavy (non-hydrogen) atoms. The van der Waals surface area contributed by atoms with Crippen molar-refractivity contribution in [2.45, 2.75) is 37.7 Å². The number of benzene rings is 1. The first-order valence-electron chi connectivity index (χ1n) is 8.50. The maximum absolute atomic E-state index is 6.29. The molecular weight excluding hydrogens is 276 g/mol. The summed E-state index contributed by atoms with van der Waals surface area (Å²) < 4.78 is 11.8. The first kappa shape index (κ1) is 15.6. The van der Waals surface area contributed by atoms with Crippen molar-refractivity contribution in [2.24, 2.45) is 0 Å². The van der Waals surface area contributed by atoms with E-state index in [1.165, 1.54) is 31.4 Å². The van der Waals surface area contributed by atoms with Crippen molar-refractivity contribution >= 4 is 0 Å². The minimum atomic E-state index is 0.271. The van der Waals surface area contributed by atoms with Gasteiger partial charge in [0.1, 0.15) is 6.10 Å². The summed E-state index contributed by atoms with van der Waals surface area (Å²) in [4.78, 5) is 2.34. The molecule has 1 N–H and O–H groups in total. The maximum atomic E-state index is 6.29. The summed E-state index contributed by atoms with van der Waals surface area (Å²) in [7, 11) is 3.88. The second kappa shape index (κ2) is 7.34. The van der Waals surface area contributed by atoms with Crippen molar-refractivity contribution in [3.63, 3.8) is 0 Å². The van der Waals surface area contributed by atoms with Crippen LogP contribution >= 0.6 is 0 Å². The number of rotatable bonds is 4. The Morgan fingerprint density at radius 2 is 2.09 bits per heavy atom. The number of hydrogen-bond donors (Lipinski definition) is 1. The Kier molecular flexibility index (Phi) is 5.21. The van der Waals surface area contributed by atoms with Crippen molar-refractivity contribution in [2.75, 3.05) is 40.3 Å². The summed E-state index contributed by atoms with van der Waals surface area (Å²) in [6.45, 7) is 4.38. The molecule has 2 aliphatic heterocycles. The first-order chi connectivity index (χ1) is 10.8. The predicted molar refractivity (Wildman–Crippen MR) is 89.0 cm³/mol. The molecule has 4 heteroatoms. The molecule has 4 nitrogen and oxygen atoms in total. The molecule has 1 aromatic carbocycles. The number of ether oxygens (including phenoxy) is 2. The molecule has 122 valence electrons.